The van der Waals surface area contributed by atoms with Crippen LogP contribution in [0.1, 0.15) is 339 Å². The van der Waals surface area contributed by atoms with Crippen molar-refractivity contribution in [2.24, 2.45) is 16.7 Å². The number of carbonyl (C=O) groups is 7. The number of carbonyl (C=O) groups excluding carboxylic acids is 7. The lowest BCUT2D eigenvalue weighted by Gasteiger charge is -2.38. The number of amides is 5. The van der Waals surface area contributed by atoms with Crippen molar-refractivity contribution in [3.63, 3.8) is 0 Å². The van der Waals surface area contributed by atoms with Crippen LogP contribution in [-0.2, 0) is 43.0 Å². The normalized spacial score (nSPS) is 16.7. The second-order valence-electron chi connectivity index (χ2n) is 37.9. The molecule has 1 rings (SSSR count). The molecule has 20 heteroatoms. The van der Waals surface area contributed by atoms with Crippen molar-refractivity contribution in [1.29, 1.82) is 0 Å². The van der Waals surface area contributed by atoms with Gasteiger partial charge in [0.2, 0.25) is 29.5 Å². The molecule has 0 spiro atoms. The Balaban J connectivity index is 3.55. The number of methoxy groups -OCH3 is 1. The van der Waals surface area contributed by atoms with Crippen molar-refractivity contribution in [2.45, 2.75) is 409 Å². The van der Waals surface area contributed by atoms with Crippen LogP contribution < -0.4 is 53.2 Å². The van der Waals surface area contributed by atoms with Crippen LogP contribution in [0.3, 0.4) is 0 Å². The van der Waals surface area contributed by atoms with E-state index in [0.29, 0.717) is 116 Å². The molecule has 5 amide bonds. The third-order valence-electron chi connectivity index (χ3n) is 18.5. The summed E-state index contributed by atoms with van der Waals surface area (Å²) in [4.78, 5) is 103. The predicted octanol–water partition coefficient (Wildman–Crippen LogP) is 13.2. The Hall–Kier alpha value is -3.63. The first-order valence-electron chi connectivity index (χ1n) is 40.3. The molecular formula is C82H161N11O9. The van der Waals surface area contributed by atoms with Gasteiger partial charge < -0.3 is 62.2 Å². The number of ketones is 2. The molecule has 0 saturated carbocycles. The van der Waals surface area contributed by atoms with Crippen molar-refractivity contribution in [3.05, 3.63) is 0 Å². The van der Waals surface area contributed by atoms with E-state index in [9.17, 15) is 28.8 Å². The minimum absolute atomic E-state index is 0.00595. The van der Waals surface area contributed by atoms with Crippen LogP contribution in [0.2, 0.25) is 0 Å². The van der Waals surface area contributed by atoms with Crippen LogP contribution in [0.5, 0.6) is 0 Å². The SMILES string of the molecule is COCCOCCCC(=O)C(CCCCNC(=O)C(CCCCCC(=O)C(CCCCNC(C)(C)C)NC(C)(C)C)NC(=O)C(CCCCNC(C)(C)C)CC(C)(C)C)NC(=O)C(CCCCNC(=O)C(CCCCCC(C)(C)C)NC(C)(C)C)N1C(=O)C(CCCCNC(C)(C)C)NC1(C)C. The number of nitrogens with one attached hydrogen (secondary N) is 10. The van der Waals surface area contributed by atoms with Crippen molar-refractivity contribution in [2.75, 3.05) is 59.7 Å². The lowest BCUT2D eigenvalue weighted by molar-refractivity contribution is -0.143. The molecule has 0 bridgehead atoms. The quantitative estimate of drug-likeness (QED) is 0.0254. The number of rotatable bonds is 55. The van der Waals surface area contributed by atoms with Crippen LogP contribution in [0.15, 0.2) is 0 Å². The van der Waals surface area contributed by atoms with Gasteiger partial charge in [0, 0.05) is 73.3 Å². The zero-order valence-corrected chi connectivity index (χ0v) is 70.1. The number of hydrogen-bond acceptors (Lipinski definition) is 15. The van der Waals surface area contributed by atoms with Crippen LogP contribution in [-0.4, -0.2) is 175 Å². The number of ether oxygens (including phenoxy) is 2. The molecule has 0 aromatic heterocycles. The van der Waals surface area contributed by atoms with Crippen LogP contribution in [0.25, 0.3) is 0 Å². The molecule has 0 aromatic carbocycles. The summed E-state index contributed by atoms with van der Waals surface area (Å²) in [5.41, 5.74) is -1.22. The summed E-state index contributed by atoms with van der Waals surface area (Å²) in [5, 5.41) is 34.1. The van der Waals surface area contributed by atoms with Gasteiger partial charge in [-0.1, -0.05) is 92.9 Å². The molecule has 7 atom stereocenters. The smallest absolute Gasteiger partial charge is 0.243 e. The highest BCUT2D eigenvalue weighted by molar-refractivity contribution is 5.95. The standard InChI is InChI=1S/C82H161N11O9/c1-75(2,3)51-35-26-28-46-65(91-81(19,20)21)72(98)84-53-37-34-48-67(93-74(100)66(92-82(93,22)23)47-33-40-56-87-79(13,14)15)73(99)88-62(68(94)50-41-57-102-59-58-101-24)43-31-36-52-83-71(97)64(89-70(96)61(60-76(4,5)6)42-30-38-54-85-77(7,8)9)45-27-25-29-49-69(95)63(90-80(16,17)18)44-32-39-55-86-78(10,11)12/h61-67,85-87,90-92H,25-60H2,1-24H3,(H,83,97)(H,84,98)(H,88,99)(H,89,96). The molecule has 7 unspecified atom stereocenters. The highest BCUT2D eigenvalue weighted by Gasteiger charge is 2.49. The van der Waals surface area contributed by atoms with Gasteiger partial charge in [-0.05, 0) is 264 Å². The Bertz CT molecular complexity index is 2370. The zero-order valence-electron chi connectivity index (χ0n) is 70.1. The molecule has 102 heavy (non-hydrogen) atoms. The molecule has 0 aromatic rings. The molecule has 1 heterocycles. The molecule has 20 nitrogen and oxygen atoms in total. The number of Topliss-reactive ketones (excluding diaryl/α,β-unsaturated/α-hetero) is 2. The zero-order chi connectivity index (χ0) is 77.6. The number of nitrogens with zero attached hydrogens (tertiary/aromatic N) is 1. The van der Waals surface area contributed by atoms with Gasteiger partial charge in [0.05, 0.1) is 43.0 Å². The molecule has 10 N–H and O–H groups in total. The molecule has 0 aliphatic carbocycles. The highest BCUT2D eigenvalue weighted by atomic mass is 16.5. The van der Waals surface area contributed by atoms with Crippen LogP contribution in [0.4, 0.5) is 0 Å². The molecule has 1 aliphatic rings. The van der Waals surface area contributed by atoms with Crippen molar-refractivity contribution in [1.82, 2.24) is 58.1 Å². The predicted molar refractivity (Wildman–Crippen MR) is 423 cm³/mol. The van der Waals surface area contributed by atoms with Crippen molar-refractivity contribution in [3.8, 4) is 0 Å². The fraction of sp³-hybridized carbons (Fsp3) is 0.915. The second kappa shape index (κ2) is 47.9. The lowest BCUT2D eigenvalue weighted by Crippen LogP contribution is -2.58. The van der Waals surface area contributed by atoms with E-state index in [4.69, 9.17) is 9.47 Å². The van der Waals surface area contributed by atoms with E-state index in [2.05, 4.69) is 199 Å². The summed E-state index contributed by atoms with van der Waals surface area (Å²) < 4.78 is 10.9. The van der Waals surface area contributed by atoms with Crippen LogP contribution in [0, 0.1) is 16.7 Å². The van der Waals surface area contributed by atoms with E-state index in [1.807, 2.05) is 13.8 Å². The summed E-state index contributed by atoms with van der Waals surface area (Å²) in [5.74, 6) is -1.21. The Labute approximate surface area is 624 Å². The Morgan fingerprint density at radius 2 is 0.863 bits per heavy atom. The highest BCUT2D eigenvalue weighted by Crippen LogP contribution is 2.31. The third-order valence-corrected chi connectivity index (χ3v) is 18.5. The monoisotopic (exact) mass is 1440 g/mol. The van der Waals surface area contributed by atoms with E-state index in [1.54, 1.807) is 12.0 Å². The molecule has 1 saturated heterocycles. The summed E-state index contributed by atoms with van der Waals surface area (Å²) in [6.45, 7) is 53.3. The fourth-order valence-electron chi connectivity index (χ4n) is 13.4. The fourth-order valence-corrected chi connectivity index (χ4v) is 13.4. The van der Waals surface area contributed by atoms with Gasteiger partial charge in [0.15, 0.2) is 5.78 Å². The van der Waals surface area contributed by atoms with E-state index < -0.39 is 35.7 Å². The van der Waals surface area contributed by atoms with Gasteiger partial charge in [-0.25, -0.2) is 0 Å². The molecule has 598 valence electrons. The van der Waals surface area contributed by atoms with Gasteiger partial charge in [-0.15, -0.1) is 0 Å². The Kier molecular flexibility index (Phi) is 45.3. The maximum Gasteiger partial charge on any atom is 0.243 e. The third kappa shape index (κ3) is 48.5. The molecule has 1 fully saturated rings. The number of hydrogen-bond donors (Lipinski definition) is 10. The van der Waals surface area contributed by atoms with E-state index in [1.165, 1.54) is 0 Å². The minimum Gasteiger partial charge on any atom is -0.382 e. The maximum absolute atomic E-state index is 15.2. The first-order chi connectivity index (χ1) is 47.1. The molecular weight excluding hydrogens is 1280 g/mol. The number of unbranched alkanes of at least 4 members (excludes halogenated alkanes) is 9. The van der Waals surface area contributed by atoms with Gasteiger partial charge >= 0.3 is 0 Å². The van der Waals surface area contributed by atoms with Gasteiger partial charge in [-0.3, -0.25) is 38.9 Å². The van der Waals surface area contributed by atoms with Gasteiger partial charge in [0.25, 0.3) is 0 Å². The lowest BCUT2D eigenvalue weighted by atomic mass is 9.82. The Morgan fingerprint density at radius 1 is 0.431 bits per heavy atom. The summed E-state index contributed by atoms with van der Waals surface area (Å²) in [6, 6.07) is -3.67. The summed E-state index contributed by atoms with van der Waals surface area (Å²) in [7, 11) is 1.61. The summed E-state index contributed by atoms with van der Waals surface area (Å²) >= 11 is 0. The van der Waals surface area contributed by atoms with E-state index in [0.717, 1.165) is 103 Å². The van der Waals surface area contributed by atoms with Gasteiger partial charge in [0.1, 0.15) is 17.9 Å². The molecule has 1 aliphatic heterocycles. The van der Waals surface area contributed by atoms with Crippen molar-refractivity contribution < 1.29 is 43.0 Å². The van der Waals surface area contributed by atoms with Gasteiger partial charge in [-0.2, -0.15) is 0 Å². The largest absolute Gasteiger partial charge is 0.382 e. The second-order valence-corrected chi connectivity index (χ2v) is 37.9. The topological polar surface area (TPSA) is 261 Å². The summed E-state index contributed by atoms with van der Waals surface area (Å²) in [6.07, 6.45) is 19.3. The van der Waals surface area contributed by atoms with Crippen molar-refractivity contribution >= 4 is 41.1 Å². The molecule has 0 radical (unpaired) electrons. The average molecular weight is 1450 g/mol. The Morgan fingerprint density at radius 3 is 1.38 bits per heavy atom. The van der Waals surface area contributed by atoms with E-state index >= 15 is 4.79 Å². The minimum atomic E-state index is -0.918. The first-order valence-corrected chi connectivity index (χ1v) is 40.3. The first kappa shape index (κ1) is 96.4. The van der Waals surface area contributed by atoms with E-state index in [-0.39, 0.29) is 105 Å². The average Bonchev–Trinajstić information content (AvgIpc) is 1.62. The maximum atomic E-state index is 15.2. The van der Waals surface area contributed by atoms with Crippen LogP contribution >= 0.6 is 0 Å².